The quantitative estimate of drug-likeness (QED) is 0.393. The molecule has 0 saturated carbocycles. The monoisotopic (exact) mass is 586 g/mol. The smallest absolute Gasteiger partial charge is 0.258 e. The maximum Gasteiger partial charge on any atom is 0.258 e. The van der Waals surface area contributed by atoms with Gasteiger partial charge in [0.05, 0.1) is 11.3 Å². The predicted octanol–water partition coefficient (Wildman–Crippen LogP) is 4.79. The zero-order chi connectivity index (χ0) is 15.4. The van der Waals surface area contributed by atoms with E-state index in [2.05, 4.69) is 71.7 Å². The summed E-state index contributed by atoms with van der Waals surface area (Å²) in [7, 11) is 0. The first-order chi connectivity index (χ1) is 9.97. The fraction of sp³-hybridized carbons (Fsp3) is 0. The number of benzene rings is 2. The highest BCUT2D eigenvalue weighted by molar-refractivity contribution is 14.1. The first-order valence-corrected chi connectivity index (χ1v) is 9.15. The molecular weight excluding hydrogens is 578 g/mol. The van der Waals surface area contributed by atoms with Crippen molar-refractivity contribution in [1.29, 1.82) is 0 Å². The first kappa shape index (κ1) is 17.1. The molecule has 2 N–H and O–H groups in total. The van der Waals surface area contributed by atoms with E-state index in [1.54, 1.807) is 6.07 Å². The topological polar surface area (TPSA) is 41.1 Å². The Balaban J connectivity index is 2.05. The maximum atomic E-state index is 12.2. The Morgan fingerprint density at radius 1 is 1.10 bits per heavy atom. The van der Waals surface area contributed by atoms with Crippen LogP contribution in [0.25, 0.3) is 0 Å². The summed E-state index contributed by atoms with van der Waals surface area (Å²) >= 11 is 12.9. The SMILES string of the molecule is O=C(NC(=S)Nc1ccc(Br)cc1I)c1ccccc1I. The lowest BCUT2D eigenvalue weighted by atomic mass is 10.2. The van der Waals surface area contributed by atoms with E-state index in [4.69, 9.17) is 12.2 Å². The lowest BCUT2D eigenvalue weighted by Gasteiger charge is -2.12. The minimum Gasteiger partial charge on any atom is -0.332 e. The highest BCUT2D eigenvalue weighted by Gasteiger charge is 2.11. The van der Waals surface area contributed by atoms with E-state index in [1.165, 1.54) is 0 Å². The highest BCUT2D eigenvalue weighted by atomic mass is 127. The Bertz CT molecular complexity index is 709. The van der Waals surface area contributed by atoms with Gasteiger partial charge in [-0.3, -0.25) is 10.1 Å². The van der Waals surface area contributed by atoms with E-state index in [0.29, 0.717) is 5.56 Å². The number of halogens is 3. The maximum absolute atomic E-state index is 12.2. The summed E-state index contributed by atoms with van der Waals surface area (Å²) < 4.78 is 2.88. The number of hydrogen-bond acceptors (Lipinski definition) is 2. The van der Waals surface area contributed by atoms with Crippen LogP contribution >= 0.6 is 73.3 Å². The molecule has 3 nitrogen and oxygen atoms in total. The van der Waals surface area contributed by atoms with Gasteiger partial charge in [0.1, 0.15) is 0 Å². The van der Waals surface area contributed by atoms with Crippen LogP contribution in [0, 0.1) is 7.14 Å². The molecule has 0 spiro atoms. The largest absolute Gasteiger partial charge is 0.332 e. The average Bonchev–Trinajstić information content (AvgIpc) is 2.42. The number of carbonyl (C=O) groups is 1. The van der Waals surface area contributed by atoms with Crippen LogP contribution in [0.3, 0.4) is 0 Å². The molecule has 0 aliphatic rings. The van der Waals surface area contributed by atoms with Gasteiger partial charge in [-0.2, -0.15) is 0 Å². The molecule has 0 aliphatic carbocycles. The number of carbonyl (C=O) groups excluding carboxylic acids is 1. The fourth-order valence-electron chi connectivity index (χ4n) is 1.56. The molecule has 0 heterocycles. The van der Waals surface area contributed by atoms with Gasteiger partial charge in [-0.15, -0.1) is 0 Å². The van der Waals surface area contributed by atoms with Crippen LogP contribution in [0.1, 0.15) is 10.4 Å². The van der Waals surface area contributed by atoms with Crippen molar-refractivity contribution in [2.75, 3.05) is 5.32 Å². The zero-order valence-corrected chi connectivity index (χ0v) is 17.2. The van der Waals surface area contributed by atoms with Crippen LogP contribution in [0.4, 0.5) is 5.69 Å². The predicted molar refractivity (Wildman–Crippen MR) is 110 cm³/mol. The van der Waals surface area contributed by atoms with Gasteiger partial charge in [0.25, 0.3) is 5.91 Å². The Morgan fingerprint density at radius 3 is 2.48 bits per heavy atom. The van der Waals surface area contributed by atoms with Crippen LogP contribution in [-0.2, 0) is 0 Å². The molecular formula is C14H9BrI2N2OS. The van der Waals surface area contributed by atoms with Crippen molar-refractivity contribution in [3.63, 3.8) is 0 Å². The molecule has 7 heteroatoms. The summed E-state index contributed by atoms with van der Waals surface area (Å²) in [5.74, 6) is -0.218. The molecule has 108 valence electrons. The summed E-state index contributed by atoms with van der Waals surface area (Å²) in [5.41, 5.74) is 1.46. The van der Waals surface area contributed by atoms with Gasteiger partial charge >= 0.3 is 0 Å². The van der Waals surface area contributed by atoms with Crippen molar-refractivity contribution in [3.8, 4) is 0 Å². The summed E-state index contributed by atoms with van der Waals surface area (Å²) in [6, 6.07) is 13.1. The molecule has 1 amide bonds. The Morgan fingerprint density at radius 2 is 1.81 bits per heavy atom. The number of thiocarbonyl (C=S) groups is 1. The van der Waals surface area contributed by atoms with E-state index in [-0.39, 0.29) is 11.0 Å². The van der Waals surface area contributed by atoms with Gasteiger partial charge in [0, 0.05) is 11.6 Å². The summed E-state index contributed by atoms with van der Waals surface area (Å²) in [6.45, 7) is 0. The van der Waals surface area contributed by atoms with Crippen molar-refractivity contribution in [1.82, 2.24) is 5.32 Å². The standard InChI is InChI=1S/C14H9BrI2N2OS/c15-8-5-6-12(11(17)7-8)18-14(21)19-13(20)9-3-1-2-4-10(9)16/h1-7H,(H2,18,19,20,21). The highest BCUT2D eigenvalue weighted by Crippen LogP contribution is 2.22. The first-order valence-electron chi connectivity index (χ1n) is 5.79. The molecule has 0 unspecified atom stereocenters. The second-order valence-electron chi connectivity index (χ2n) is 4.01. The number of amides is 1. The Kier molecular flexibility index (Phi) is 6.38. The van der Waals surface area contributed by atoms with E-state index in [9.17, 15) is 4.79 Å². The second-order valence-corrected chi connectivity index (χ2v) is 7.66. The van der Waals surface area contributed by atoms with Crippen LogP contribution in [-0.4, -0.2) is 11.0 Å². The molecule has 2 aromatic rings. The van der Waals surface area contributed by atoms with Gasteiger partial charge in [-0.1, -0.05) is 28.1 Å². The van der Waals surface area contributed by atoms with Gasteiger partial charge in [0.2, 0.25) is 0 Å². The zero-order valence-electron chi connectivity index (χ0n) is 10.5. The number of rotatable bonds is 2. The van der Waals surface area contributed by atoms with E-state index in [0.717, 1.165) is 17.3 Å². The van der Waals surface area contributed by atoms with Crippen molar-refractivity contribution in [2.45, 2.75) is 0 Å². The summed E-state index contributed by atoms with van der Waals surface area (Å²) in [5, 5.41) is 5.99. The molecule has 0 aromatic heterocycles. The number of nitrogens with one attached hydrogen (secondary N) is 2. The van der Waals surface area contributed by atoms with Gasteiger partial charge in [-0.25, -0.2) is 0 Å². The summed E-state index contributed by atoms with van der Waals surface area (Å²) in [4.78, 5) is 12.2. The second kappa shape index (κ2) is 7.84. The average molecular weight is 587 g/mol. The fourth-order valence-corrected chi connectivity index (χ4v) is 3.83. The molecule has 21 heavy (non-hydrogen) atoms. The molecule has 0 aliphatic heterocycles. The van der Waals surface area contributed by atoms with Crippen molar-refractivity contribution >= 4 is 90.0 Å². The van der Waals surface area contributed by atoms with Gasteiger partial charge < -0.3 is 5.32 Å². The molecule has 0 bridgehead atoms. The molecule has 2 rings (SSSR count). The minimum atomic E-state index is -0.218. The van der Waals surface area contributed by atoms with Crippen molar-refractivity contribution in [2.24, 2.45) is 0 Å². The third-order valence-electron chi connectivity index (χ3n) is 2.52. The van der Waals surface area contributed by atoms with Crippen LogP contribution in [0.2, 0.25) is 0 Å². The third-order valence-corrected chi connectivity index (χ3v) is 5.06. The van der Waals surface area contributed by atoms with Gasteiger partial charge in [0.15, 0.2) is 5.11 Å². The van der Waals surface area contributed by atoms with E-state index in [1.807, 2.05) is 36.4 Å². The van der Waals surface area contributed by atoms with E-state index >= 15 is 0 Å². The normalized spacial score (nSPS) is 10.0. The molecule has 2 aromatic carbocycles. The number of anilines is 1. The lowest BCUT2D eigenvalue weighted by Crippen LogP contribution is -2.34. The van der Waals surface area contributed by atoms with Gasteiger partial charge in [-0.05, 0) is 87.7 Å². The molecule has 0 radical (unpaired) electrons. The Labute approximate surface area is 163 Å². The van der Waals surface area contributed by atoms with E-state index < -0.39 is 0 Å². The van der Waals surface area contributed by atoms with Crippen molar-refractivity contribution in [3.05, 3.63) is 59.6 Å². The lowest BCUT2D eigenvalue weighted by molar-refractivity contribution is 0.0977. The molecule has 0 fully saturated rings. The van der Waals surface area contributed by atoms with Crippen LogP contribution in [0.15, 0.2) is 46.9 Å². The third kappa shape index (κ3) is 4.86. The number of hydrogen-bond donors (Lipinski definition) is 2. The molecule has 0 atom stereocenters. The van der Waals surface area contributed by atoms with Crippen molar-refractivity contribution < 1.29 is 4.79 Å². The molecule has 0 saturated heterocycles. The summed E-state index contributed by atoms with van der Waals surface area (Å²) in [6.07, 6.45) is 0. The minimum absolute atomic E-state index is 0.218. The van der Waals surface area contributed by atoms with Crippen LogP contribution < -0.4 is 10.6 Å². The van der Waals surface area contributed by atoms with Crippen LogP contribution in [0.5, 0.6) is 0 Å². The Hall–Kier alpha value is -0.260.